The average Bonchev–Trinajstić information content (AvgIpc) is 3.63. The van der Waals surface area contributed by atoms with Crippen LogP contribution < -0.4 is 30.2 Å². The lowest BCUT2D eigenvalue weighted by molar-refractivity contribution is -0.125. The van der Waals surface area contributed by atoms with Gasteiger partial charge in [-0.2, -0.15) is 0 Å². The molecule has 1 unspecified atom stereocenters. The van der Waals surface area contributed by atoms with Crippen LogP contribution >= 0.6 is 0 Å². The van der Waals surface area contributed by atoms with Gasteiger partial charge in [-0.05, 0) is 56.5 Å². The number of aromatic nitrogens is 1. The smallest absolute Gasteiger partial charge is 0.408 e. The van der Waals surface area contributed by atoms with Crippen LogP contribution in [0.1, 0.15) is 43.9 Å². The number of carbonyl (C=O) groups is 4. The third kappa shape index (κ3) is 8.72. The van der Waals surface area contributed by atoms with Crippen molar-refractivity contribution >= 4 is 45.9 Å². The highest BCUT2D eigenvalue weighted by Crippen LogP contribution is 2.43. The summed E-state index contributed by atoms with van der Waals surface area (Å²) in [7, 11) is 4.44. The second-order valence-electron chi connectivity index (χ2n) is 13.0. The fourth-order valence-electron chi connectivity index (χ4n) is 5.93. The molecule has 0 bridgehead atoms. The standard InChI is InChI=1S/C39H44N4O9/c1-39(2,3)52-38(47)41-28(23-51-22-24-13-8-7-9-14-24)35(44)40-17-12-18-43-21-27(26-15-10-11-16-29(26)43)33-32(36(45)42-37(33)46)25-19-30(48-4)34(50-6)31(20-25)49-5/h7-11,13-16,19-21,28H,12,17-18,22-23H2,1-6H3,(H,40,44)(H,41,47)(H,42,45,46). The second kappa shape index (κ2) is 16.5. The zero-order valence-corrected chi connectivity index (χ0v) is 30.2. The van der Waals surface area contributed by atoms with Crippen LogP contribution in [0, 0.1) is 0 Å². The molecule has 0 spiro atoms. The Hall–Kier alpha value is -5.82. The van der Waals surface area contributed by atoms with Crippen LogP contribution in [0.25, 0.3) is 22.0 Å². The number of amides is 4. The van der Waals surface area contributed by atoms with Crippen LogP contribution in [0.4, 0.5) is 4.79 Å². The van der Waals surface area contributed by atoms with E-state index in [1.807, 2.05) is 65.4 Å². The molecule has 2 heterocycles. The number of hydrogen-bond donors (Lipinski definition) is 3. The molecule has 0 saturated heterocycles. The molecule has 52 heavy (non-hydrogen) atoms. The van der Waals surface area contributed by atoms with Gasteiger partial charge in [0.1, 0.15) is 11.6 Å². The maximum Gasteiger partial charge on any atom is 0.408 e. The molecule has 13 heteroatoms. The molecule has 4 amide bonds. The highest BCUT2D eigenvalue weighted by molar-refractivity contribution is 6.50. The van der Waals surface area contributed by atoms with E-state index < -0.39 is 35.5 Å². The summed E-state index contributed by atoms with van der Waals surface area (Å²) < 4.78 is 29.6. The fourth-order valence-corrected chi connectivity index (χ4v) is 5.93. The number of methoxy groups -OCH3 is 3. The number of ether oxygens (including phenoxy) is 5. The molecule has 0 radical (unpaired) electrons. The minimum atomic E-state index is -0.989. The van der Waals surface area contributed by atoms with Crippen molar-refractivity contribution < 1.29 is 42.9 Å². The molecule has 1 atom stereocenters. The molecule has 5 rings (SSSR count). The lowest BCUT2D eigenvalue weighted by atomic mass is 9.95. The van der Waals surface area contributed by atoms with Gasteiger partial charge in [-0.3, -0.25) is 19.7 Å². The Kier molecular flexibility index (Phi) is 11.9. The number of benzene rings is 3. The summed E-state index contributed by atoms with van der Waals surface area (Å²) in [5.74, 6) is -0.453. The summed E-state index contributed by atoms with van der Waals surface area (Å²) in [4.78, 5) is 52.5. The van der Waals surface area contributed by atoms with Gasteiger partial charge in [-0.1, -0.05) is 48.5 Å². The van der Waals surface area contributed by atoms with Crippen molar-refractivity contribution in [2.24, 2.45) is 0 Å². The Morgan fingerprint density at radius 3 is 2.17 bits per heavy atom. The van der Waals surface area contributed by atoms with Gasteiger partial charge in [0.15, 0.2) is 11.5 Å². The van der Waals surface area contributed by atoms with E-state index in [2.05, 4.69) is 16.0 Å². The largest absolute Gasteiger partial charge is 0.493 e. The van der Waals surface area contributed by atoms with Gasteiger partial charge in [-0.15, -0.1) is 0 Å². The normalized spacial score (nSPS) is 13.5. The zero-order valence-electron chi connectivity index (χ0n) is 30.2. The van der Waals surface area contributed by atoms with Gasteiger partial charge >= 0.3 is 6.09 Å². The molecule has 0 saturated carbocycles. The predicted octanol–water partition coefficient (Wildman–Crippen LogP) is 4.85. The Labute approximate surface area is 302 Å². The second-order valence-corrected chi connectivity index (χ2v) is 13.0. The van der Waals surface area contributed by atoms with Crippen molar-refractivity contribution in [3.8, 4) is 17.2 Å². The number of rotatable bonds is 15. The molecule has 274 valence electrons. The van der Waals surface area contributed by atoms with E-state index in [9.17, 15) is 19.2 Å². The van der Waals surface area contributed by atoms with E-state index in [1.165, 1.54) is 21.3 Å². The van der Waals surface area contributed by atoms with Gasteiger partial charge in [0.2, 0.25) is 11.7 Å². The maximum atomic E-state index is 13.4. The van der Waals surface area contributed by atoms with Gasteiger partial charge < -0.3 is 38.9 Å². The third-order valence-electron chi connectivity index (χ3n) is 8.22. The molecule has 1 aliphatic heterocycles. The molecule has 0 fully saturated rings. The number of hydrogen-bond acceptors (Lipinski definition) is 9. The van der Waals surface area contributed by atoms with Crippen LogP contribution in [0.5, 0.6) is 17.2 Å². The first-order chi connectivity index (χ1) is 24.9. The SMILES string of the molecule is COc1cc(C2=C(c3cn(CCCNC(=O)C(COCc4ccccc4)NC(=O)OC(C)(C)C)c4ccccc34)C(=O)NC2=O)cc(OC)c1OC. The Balaban J connectivity index is 1.34. The van der Waals surface area contributed by atoms with Crippen molar-refractivity contribution in [3.63, 3.8) is 0 Å². The molecule has 3 N–H and O–H groups in total. The number of fused-ring (bicyclic) bond motifs is 1. The van der Waals surface area contributed by atoms with E-state index in [0.717, 1.165) is 16.5 Å². The van der Waals surface area contributed by atoms with E-state index in [1.54, 1.807) is 32.9 Å². The van der Waals surface area contributed by atoms with Gasteiger partial charge in [0.05, 0.1) is 45.7 Å². The molecule has 1 aromatic heterocycles. The Morgan fingerprint density at radius 2 is 1.52 bits per heavy atom. The number of carbonyl (C=O) groups excluding carboxylic acids is 4. The molecule has 1 aliphatic rings. The van der Waals surface area contributed by atoms with Gasteiger partial charge in [-0.25, -0.2) is 4.79 Å². The van der Waals surface area contributed by atoms with E-state index in [0.29, 0.717) is 41.3 Å². The van der Waals surface area contributed by atoms with Gasteiger partial charge in [0.25, 0.3) is 11.8 Å². The summed E-state index contributed by atoms with van der Waals surface area (Å²) in [6, 6.07) is 19.4. The summed E-state index contributed by atoms with van der Waals surface area (Å²) in [5.41, 5.74) is 2.42. The molecule has 3 aromatic carbocycles. The van der Waals surface area contributed by atoms with E-state index >= 15 is 0 Å². The van der Waals surface area contributed by atoms with E-state index in [-0.39, 0.29) is 30.9 Å². The third-order valence-corrected chi connectivity index (χ3v) is 8.22. The number of para-hydroxylation sites is 1. The predicted molar refractivity (Wildman–Crippen MR) is 195 cm³/mol. The summed E-state index contributed by atoms with van der Waals surface area (Å²) >= 11 is 0. The highest BCUT2D eigenvalue weighted by Gasteiger charge is 2.35. The quantitative estimate of drug-likeness (QED) is 0.116. The lowest BCUT2D eigenvalue weighted by Crippen LogP contribution is -2.50. The van der Waals surface area contributed by atoms with Crippen LogP contribution in [-0.4, -0.2) is 74.5 Å². The molecule has 13 nitrogen and oxygen atoms in total. The van der Waals surface area contributed by atoms with Crippen molar-refractivity contribution in [2.75, 3.05) is 34.5 Å². The van der Waals surface area contributed by atoms with Crippen molar-refractivity contribution in [3.05, 3.63) is 89.6 Å². The molecule has 4 aromatic rings. The molecular weight excluding hydrogens is 668 g/mol. The monoisotopic (exact) mass is 712 g/mol. The minimum Gasteiger partial charge on any atom is -0.493 e. The summed E-state index contributed by atoms with van der Waals surface area (Å²) in [6.07, 6.45) is 1.62. The number of nitrogens with zero attached hydrogens (tertiary/aromatic N) is 1. The van der Waals surface area contributed by atoms with Crippen molar-refractivity contribution in [1.82, 2.24) is 20.5 Å². The summed E-state index contributed by atoms with van der Waals surface area (Å²) in [5, 5.41) is 8.74. The van der Waals surface area contributed by atoms with Gasteiger partial charge in [0, 0.05) is 35.8 Å². The Bertz CT molecular complexity index is 1950. The van der Waals surface area contributed by atoms with E-state index in [4.69, 9.17) is 23.7 Å². The first-order valence-corrected chi connectivity index (χ1v) is 16.8. The van der Waals surface area contributed by atoms with Crippen LogP contribution in [0.3, 0.4) is 0 Å². The van der Waals surface area contributed by atoms with Crippen LogP contribution in [0.2, 0.25) is 0 Å². The fraction of sp³-hybridized carbons (Fsp3) is 0.333. The number of nitrogens with one attached hydrogen (secondary N) is 3. The molecule has 0 aliphatic carbocycles. The number of aryl methyl sites for hydroxylation is 1. The lowest BCUT2D eigenvalue weighted by Gasteiger charge is -2.23. The summed E-state index contributed by atoms with van der Waals surface area (Å²) in [6.45, 7) is 6.19. The Morgan fingerprint density at radius 1 is 0.865 bits per heavy atom. The average molecular weight is 713 g/mol. The molecular formula is C39H44N4O9. The van der Waals surface area contributed by atoms with Crippen LogP contribution in [-0.2, 0) is 37.0 Å². The van der Waals surface area contributed by atoms with Crippen molar-refractivity contribution in [1.29, 1.82) is 0 Å². The number of imide groups is 1. The minimum absolute atomic E-state index is 0.0598. The first-order valence-electron chi connectivity index (χ1n) is 16.8. The van der Waals surface area contributed by atoms with Crippen LogP contribution in [0.15, 0.2) is 72.9 Å². The highest BCUT2D eigenvalue weighted by atomic mass is 16.6. The maximum absolute atomic E-state index is 13.4. The number of alkyl carbamates (subject to hydrolysis) is 1. The van der Waals surface area contributed by atoms with Crippen molar-refractivity contribution in [2.45, 2.75) is 52.0 Å². The topological polar surface area (TPSA) is 155 Å². The first kappa shape index (κ1) is 37.4. The zero-order chi connectivity index (χ0) is 37.4.